The van der Waals surface area contributed by atoms with Crippen molar-refractivity contribution in [2.24, 2.45) is 5.73 Å². The van der Waals surface area contributed by atoms with Crippen LogP contribution in [0.25, 0.3) is 0 Å². The third kappa shape index (κ3) is 2.46. The van der Waals surface area contributed by atoms with Gasteiger partial charge in [-0.05, 0) is 24.5 Å². The molecule has 0 saturated heterocycles. The molecule has 13 heavy (non-hydrogen) atoms. The van der Waals surface area contributed by atoms with E-state index in [4.69, 9.17) is 5.73 Å². The Bertz CT molecular complexity index is 269. The van der Waals surface area contributed by atoms with Gasteiger partial charge in [-0.1, -0.05) is 25.1 Å². The minimum Gasteiger partial charge on any atom is -0.383 e. The van der Waals surface area contributed by atoms with Crippen molar-refractivity contribution in [1.29, 1.82) is 0 Å². The quantitative estimate of drug-likeness (QED) is 0.739. The van der Waals surface area contributed by atoms with Crippen molar-refractivity contribution < 1.29 is 0 Å². The highest BCUT2D eigenvalue weighted by Gasteiger charge is 2.01. The van der Waals surface area contributed by atoms with Gasteiger partial charge >= 0.3 is 0 Å². The lowest BCUT2D eigenvalue weighted by Crippen LogP contribution is -2.14. The normalized spacial score (nSPS) is 10.1. The molecule has 0 amide bonds. The van der Waals surface area contributed by atoms with Gasteiger partial charge in [-0.15, -0.1) is 0 Å². The first-order valence-electron chi connectivity index (χ1n) is 4.82. The van der Waals surface area contributed by atoms with Gasteiger partial charge in [0.2, 0.25) is 0 Å². The lowest BCUT2D eigenvalue weighted by Gasteiger charge is -2.12. The summed E-state index contributed by atoms with van der Waals surface area (Å²) in [5.41, 5.74) is 9.38. The van der Waals surface area contributed by atoms with E-state index in [-0.39, 0.29) is 0 Å². The summed E-state index contributed by atoms with van der Waals surface area (Å²) in [6, 6.07) is 6.38. The maximum atomic E-state index is 5.46. The first kappa shape index (κ1) is 10.1. The number of aryl methyl sites for hydroxylation is 2. The SMILES string of the molecule is CCc1cccc(C)c1NCCN. The molecule has 0 radical (unpaired) electrons. The highest BCUT2D eigenvalue weighted by Crippen LogP contribution is 2.20. The molecule has 2 heteroatoms. The number of benzene rings is 1. The Morgan fingerprint density at radius 1 is 1.38 bits per heavy atom. The summed E-state index contributed by atoms with van der Waals surface area (Å²) in [6.45, 7) is 5.82. The Morgan fingerprint density at radius 2 is 2.15 bits per heavy atom. The van der Waals surface area contributed by atoms with Crippen molar-refractivity contribution in [3.8, 4) is 0 Å². The van der Waals surface area contributed by atoms with Crippen LogP contribution in [0.4, 0.5) is 5.69 Å². The molecule has 0 aliphatic rings. The van der Waals surface area contributed by atoms with E-state index in [9.17, 15) is 0 Å². The van der Waals surface area contributed by atoms with E-state index in [1.165, 1.54) is 16.8 Å². The molecular formula is C11H18N2. The standard InChI is InChI=1S/C11H18N2/c1-3-10-6-4-5-9(2)11(10)13-8-7-12/h4-6,13H,3,7-8,12H2,1-2H3. The van der Waals surface area contributed by atoms with Crippen molar-refractivity contribution in [1.82, 2.24) is 0 Å². The Kier molecular flexibility index (Phi) is 3.77. The van der Waals surface area contributed by atoms with Gasteiger partial charge in [0, 0.05) is 18.8 Å². The zero-order chi connectivity index (χ0) is 9.68. The molecule has 0 aromatic heterocycles. The maximum Gasteiger partial charge on any atom is 0.0402 e. The molecule has 0 bridgehead atoms. The molecule has 0 aliphatic carbocycles. The molecule has 0 spiro atoms. The largest absolute Gasteiger partial charge is 0.383 e. The molecule has 0 atom stereocenters. The van der Waals surface area contributed by atoms with E-state index < -0.39 is 0 Å². The van der Waals surface area contributed by atoms with Gasteiger partial charge in [-0.2, -0.15) is 0 Å². The summed E-state index contributed by atoms with van der Waals surface area (Å²) < 4.78 is 0. The third-order valence-corrected chi connectivity index (χ3v) is 2.19. The van der Waals surface area contributed by atoms with Crippen molar-refractivity contribution in [2.75, 3.05) is 18.4 Å². The van der Waals surface area contributed by atoms with E-state index in [0.717, 1.165) is 13.0 Å². The fourth-order valence-electron chi connectivity index (χ4n) is 1.47. The van der Waals surface area contributed by atoms with Crippen LogP contribution in [0.15, 0.2) is 18.2 Å². The summed E-state index contributed by atoms with van der Waals surface area (Å²) >= 11 is 0. The molecule has 2 nitrogen and oxygen atoms in total. The highest BCUT2D eigenvalue weighted by molar-refractivity contribution is 5.57. The van der Waals surface area contributed by atoms with Crippen molar-refractivity contribution in [3.63, 3.8) is 0 Å². The van der Waals surface area contributed by atoms with Crippen molar-refractivity contribution in [2.45, 2.75) is 20.3 Å². The van der Waals surface area contributed by atoms with Gasteiger partial charge in [0.15, 0.2) is 0 Å². The number of anilines is 1. The molecule has 0 aliphatic heterocycles. The van der Waals surface area contributed by atoms with Crippen LogP contribution in [0, 0.1) is 6.92 Å². The number of hydrogen-bond acceptors (Lipinski definition) is 2. The van der Waals surface area contributed by atoms with Gasteiger partial charge in [0.1, 0.15) is 0 Å². The Morgan fingerprint density at radius 3 is 2.77 bits per heavy atom. The lowest BCUT2D eigenvalue weighted by molar-refractivity contribution is 1.01. The summed E-state index contributed by atoms with van der Waals surface area (Å²) in [5.74, 6) is 0. The molecule has 0 saturated carbocycles. The molecule has 1 aromatic rings. The van der Waals surface area contributed by atoms with Crippen molar-refractivity contribution in [3.05, 3.63) is 29.3 Å². The van der Waals surface area contributed by atoms with Crippen LogP contribution in [0.1, 0.15) is 18.1 Å². The van der Waals surface area contributed by atoms with E-state index in [1.54, 1.807) is 0 Å². The van der Waals surface area contributed by atoms with E-state index in [0.29, 0.717) is 6.54 Å². The number of para-hydroxylation sites is 1. The Balaban J connectivity index is 2.87. The second-order valence-electron chi connectivity index (χ2n) is 3.18. The molecule has 72 valence electrons. The van der Waals surface area contributed by atoms with Crippen molar-refractivity contribution >= 4 is 5.69 Å². The summed E-state index contributed by atoms with van der Waals surface area (Å²) in [4.78, 5) is 0. The van der Waals surface area contributed by atoms with Crippen LogP contribution in [0.3, 0.4) is 0 Å². The van der Waals surface area contributed by atoms with Crippen LogP contribution in [0.5, 0.6) is 0 Å². The average molecular weight is 178 g/mol. The Labute approximate surface area is 80.1 Å². The molecule has 3 N–H and O–H groups in total. The minimum atomic E-state index is 0.678. The van der Waals surface area contributed by atoms with Gasteiger partial charge in [0.05, 0.1) is 0 Å². The second kappa shape index (κ2) is 4.87. The molecule has 1 rings (SSSR count). The molecular weight excluding hydrogens is 160 g/mol. The fraction of sp³-hybridized carbons (Fsp3) is 0.455. The first-order valence-corrected chi connectivity index (χ1v) is 4.82. The summed E-state index contributed by atoms with van der Waals surface area (Å²) in [5, 5.41) is 3.36. The molecule has 1 aromatic carbocycles. The number of rotatable bonds is 4. The molecule has 0 unspecified atom stereocenters. The lowest BCUT2D eigenvalue weighted by atomic mass is 10.1. The highest BCUT2D eigenvalue weighted by atomic mass is 14.9. The number of hydrogen-bond donors (Lipinski definition) is 2. The third-order valence-electron chi connectivity index (χ3n) is 2.19. The predicted molar refractivity (Wildman–Crippen MR) is 58.1 cm³/mol. The monoisotopic (exact) mass is 178 g/mol. The van der Waals surface area contributed by atoms with Gasteiger partial charge in [-0.3, -0.25) is 0 Å². The summed E-state index contributed by atoms with van der Waals surface area (Å²) in [6.07, 6.45) is 1.06. The smallest absolute Gasteiger partial charge is 0.0402 e. The van der Waals surface area contributed by atoms with Gasteiger partial charge < -0.3 is 11.1 Å². The Hall–Kier alpha value is -1.02. The van der Waals surface area contributed by atoms with Gasteiger partial charge in [-0.25, -0.2) is 0 Å². The van der Waals surface area contributed by atoms with Crippen LogP contribution >= 0.6 is 0 Å². The minimum absolute atomic E-state index is 0.678. The molecule has 0 heterocycles. The average Bonchev–Trinajstić information content (AvgIpc) is 2.15. The van der Waals surface area contributed by atoms with Crippen LogP contribution in [-0.2, 0) is 6.42 Å². The van der Waals surface area contributed by atoms with Crippen LogP contribution in [0.2, 0.25) is 0 Å². The summed E-state index contributed by atoms with van der Waals surface area (Å²) in [7, 11) is 0. The van der Waals surface area contributed by atoms with E-state index >= 15 is 0 Å². The number of nitrogens with one attached hydrogen (secondary N) is 1. The van der Waals surface area contributed by atoms with E-state index in [2.05, 4.69) is 37.4 Å². The van der Waals surface area contributed by atoms with Crippen LogP contribution < -0.4 is 11.1 Å². The fourth-order valence-corrected chi connectivity index (χ4v) is 1.47. The maximum absolute atomic E-state index is 5.46. The first-order chi connectivity index (χ1) is 6.29. The van der Waals surface area contributed by atoms with Gasteiger partial charge in [0.25, 0.3) is 0 Å². The second-order valence-corrected chi connectivity index (χ2v) is 3.18. The zero-order valence-corrected chi connectivity index (χ0v) is 8.43. The van der Waals surface area contributed by atoms with E-state index in [1.807, 2.05) is 0 Å². The number of nitrogens with two attached hydrogens (primary N) is 1. The topological polar surface area (TPSA) is 38.0 Å². The zero-order valence-electron chi connectivity index (χ0n) is 8.43. The van der Waals surface area contributed by atoms with Crippen LogP contribution in [-0.4, -0.2) is 13.1 Å². The molecule has 0 fully saturated rings. The predicted octanol–water partition coefficient (Wildman–Crippen LogP) is 1.93.